The van der Waals surface area contributed by atoms with Crippen LogP contribution in [0.3, 0.4) is 0 Å². The van der Waals surface area contributed by atoms with Crippen molar-refractivity contribution in [2.24, 2.45) is 23.5 Å². The van der Waals surface area contributed by atoms with E-state index in [1.807, 2.05) is 17.1 Å². The highest BCUT2D eigenvalue weighted by molar-refractivity contribution is 5.81. The third-order valence-corrected chi connectivity index (χ3v) is 2.92. The number of nitrogens with two attached hydrogens (primary N) is 1. The van der Waals surface area contributed by atoms with Crippen molar-refractivity contribution >= 4 is 5.91 Å². The number of nitrogens with zero attached hydrogens (tertiary/aromatic N) is 1. The fourth-order valence-corrected chi connectivity index (χ4v) is 2.28. The van der Waals surface area contributed by atoms with Crippen molar-refractivity contribution in [3.63, 3.8) is 0 Å². The Bertz CT molecular complexity index is 274. The molecular weight excluding hydrogens is 212 g/mol. The molecule has 1 amide bonds. The zero-order valence-electron chi connectivity index (χ0n) is 11.5. The van der Waals surface area contributed by atoms with E-state index < -0.39 is 0 Å². The molecule has 0 bridgehead atoms. The maximum Gasteiger partial charge on any atom is 0.229 e. The predicted molar refractivity (Wildman–Crippen MR) is 71.5 cm³/mol. The molecule has 0 saturated heterocycles. The lowest BCUT2D eigenvalue weighted by atomic mass is 10.0. The molecule has 98 valence electrons. The van der Waals surface area contributed by atoms with Gasteiger partial charge in [0.15, 0.2) is 0 Å². The minimum atomic E-state index is 0.00231. The quantitative estimate of drug-likeness (QED) is 0.745. The minimum Gasteiger partial charge on any atom is -0.342 e. The third kappa shape index (κ3) is 4.50. The number of hydrogen-bond acceptors (Lipinski definition) is 2. The molecular formula is C14H26N2O. The molecule has 0 aliphatic heterocycles. The van der Waals surface area contributed by atoms with Gasteiger partial charge in [-0.15, -0.1) is 0 Å². The van der Waals surface area contributed by atoms with Crippen LogP contribution in [0.15, 0.2) is 12.2 Å². The minimum absolute atomic E-state index is 0.00231. The van der Waals surface area contributed by atoms with Gasteiger partial charge in [0.1, 0.15) is 0 Å². The van der Waals surface area contributed by atoms with Crippen molar-refractivity contribution in [3.8, 4) is 0 Å². The summed E-state index contributed by atoms with van der Waals surface area (Å²) in [5.41, 5.74) is 5.81. The van der Waals surface area contributed by atoms with Gasteiger partial charge < -0.3 is 10.6 Å². The lowest BCUT2D eigenvalue weighted by Crippen LogP contribution is -2.40. The standard InChI is InChI=1S/C14H26N2O/c1-10(2)8-16(9-11(3)4)14(17)12-5-6-13(15)7-12/h5-6,10-13H,7-9,15H2,1-4H3. The highest BCUT2D eigenvalue weighted by atomic mass is 16.2. The Morgan fingerprint density at radius 2 is 1.76 bits per heavy atom. The van der Waals surface area contributed by atoms with E-state index >= 15 is 0 Å². The van der Waals surface area contributed by atoms with E-state index in [-0.39, 0.29) is 17.9 Å². The molecule has 0 fully saturated rings. The average molecular weight is 238 g/mol. The van der Waals surface area contributed by atoms with Crippen LogP contribution in [-0.4, -0.2) is 29.9 Å². The first-order valence-corrected chi connectivity index (χ1v) is 6.62. The summed E-state index contributed by atoms with van der Waals surface area (Å²) >= 11 is 0. The average Bonchev–Trinajstić information content (AvgIpc) is 2.61. The lowest BCUT2D eigenvalue weighted by molar-refractivity contribution is -0.135. The van der Waals surface area contributed by atoms with Crippen molar-refractivity contribution in [2.75, 3.05) is 13.1 Å². The zero-order valence-corrected chi connectivity index (χ0v) is 11.5. The van der Waals surface area contributed by atoms with Crippen LogP contribution < -0.4 is 5.73 Å². The monoisotopic (exact) mass is 238 g/mol. The zero-order chi connectivity index (χ0) is 13.0. The highest BCUT2D eigenvalue weighted by Crippen LogP contribution is 2.20. The van der Waals surface area contributed by atoms with E-state index in [4.69, 9.17) is 5.73 Å². The second kappa shape index (κ2) is 6.20. The summed E-state index contributed by atoms with van der Waals surface area (Å²) in [6.07, 6.45) is 4.69. The molecule has 3 nitrogen and oxygen atoms in total. The Morgan fingerprint density at radius 3 is 2.12 bits per heavy atom. The van der Waals surface area contributed by atoms with Crippen LogP contribution in [0.1, 0.15) is 34.1 Å². The smallest absolute Gasteiger partial charge is 0.229 e. The van der Waals surface area contributed by atoms with Crippen molar-refractivity contribution < 1.29 is 4.79 Å². The molecule has 2 N–H and O–H groups in total. The molecule has 3 heteroatoms. The first kappa shape index (κ1) is 14.2. The van der Waals surface area contributed by atoms with Crippen LogP contribution in [-0.2, 0) is 4.79 Å². The van der Waals surface area contributed by atoms with E-state index in [0.29, 0.717) is 11.8 Å². The Kier molecular flexibility index (Phi) is 5.19. The molecule has 0 heterocycles. The topological polar surface area (TPSA) is 46.3 Å². The summed E-state index contributed by atoms with van der Waals surface area (Å²) in [5.74, 6) is 1.27. The van der Waals surface area contributed by atoms with E-state index in [9.17, 15) is 4.79 Å². The first-order chi connectivity index (χ1) is 7.90. The largest absolute Gasteiger partial charge is 0.342 e. The SMILES string of the molecule is CC(C)CN(CC(C)C)C(=O)C1C=CC(N)C1. The second-order valence-corrected chi connectivity index (χ2v) is 5.92. The third-order valence-electron chi connectivity index (χ3n) is 2.92. The summed E-state index contributed by atoms with van der Waals surface area (Å²) in [6, 6.07) is 0.0592. The van der Waals surface area contributed by atoms with Crippen LogP contribution in [0.4, 0.5) is 0 Å². The summed E-state index contributed by atoms with van der Waals surface area (Å²) in [7, 11) is 0. The summed E-state index contributed by atoms with van der Waals surface area (Å²) in [4.78, 5) is 14.4. The number of carbonyl (C=O) groups is 1. The van der Waals surface area contributed by atoms with E-state index in [2.05, 4.69) is 27.7 Å². The van der Waals surface area contributed by atoms with Crippen LogP contribution in [0.25, 0.3) is 0 Å². The molecule has 0 saturated carbocycles. The van der Waals surface area contributed by atoms with E-state index in [1.54, 1.807) is 0 Å². The maximum absolute atomic E-state index is 12.4. The number of rotatable bonds is 5. The van der Waals surface area contributed by atoms with Crippen molar-refractivity contribution in [1.29, 1.82) is 0 Å². The van der Waals surface area contributed by atoms with Crippen LogP contribution >= 0.6 is 0 Å². The Morgan fingerprint density at radius 1 is 1.24 bits per heavy atom. The van der Waals surface area contributed by atoms with Gasteiger partial charge >= 0.3 is 0 Å². The van der Waals surface area contributed by atoms with Crippen LogP contribution in [0.5, 0.6) is 0 Å². The van der Waals surface area contributed by atoms with E-state index in [1.165, 1.54) is 0 Å². The Balaban J connectivity index is 2.62. The van der Waals surface area contributed by atoms with Gasteiger partial charge in [-0.2, -0.15) is 0 Å². The molecule has 1 aliphatic rings. The molecule has 2 atom stereocenters. The summed E-state index contributed by atoms with van der Waals surface area (Å²) in [6.45, 7) is 10.3. The van der Waals surface area contributed by atoms with Gasteiger partial charge in [-0.05, 0) is 18.3 Å². The van der Waals surface area contributed by atoms with Crippen LogP contribution in [0, 0.1) is 17.8 Å². The number of amides is 1. The molecule has 0 aromatic rings. The molecule has 0 aromatic heterocycles. The number of hydrogen-bond donors (Lipinski definition) is 1. The fourth-order valence-electron chi connectivity index (χ4n) is 2.28. The Labute approximate surface area is 105 Å². The molecule has 1 rings (SSSR count). The molecule has 0 aromatic carbocycles. The fraction of sp³-hybridized carbons (Fsp3) is 0.786. The highest BCUT2D eigenvalue weighted by Gasteiger charge is 2.27. The molecule has 0 radical (unpaired) electrons. The molecule has 1 aliphatic carbocycles. The molecule has 0 spiro atoms. The molecule has 17 heavy (non-hydrogen) atoms. The Hall–Kier alpha value is -0.830. The van der Waals surface area contributed by atoms with Gasteiger partial charge in [0.25, 0.3) is 0 Å². The van der Waals surface area contributed by atoms with Gasteiger partial charge in [0.2, 0.25) is 5.91 Å². The van der Waals surface area contributed by atoms with Crippen molar-refractivity contribution in [1.82, 2.24) is 4.90 Å². The van der Waals surface area contributed by atoms with Gasteiger partial charge in [-0.1, -0.05) is 39.8 Å². The van der Waals surface area contributed by atoms with E-state index in [0.717, 1.165) is 19.5 Å². The summed E-state index contributed by atoms with van der Waals surface area (Å²) in [5, 5.41) is 0. The second-order valence-electron chi connectivity index (χ2n) is 5.92. The normalized spacial score (nSPS) is 23.7. The van der Waals surface area contributed by atoms with Gasteiger partial charge in [-0.3, -0.25) is 4.79 Å². The van der Waals surface area contributed by atoms with Crippen molar-refractivity contribution in [2.45, 2.75) is 40.2 Å². The predicted octanol–water partition coefficient (Wildman–Crippen LogP) is 2.03. The van der Waals surface area contributed by atoms with Gasteiger partial charge in [0.05, 0.1) is 5.92 Å². The first-order valence-electron chi connectivity index (χ1n) is 6.62. The van der Waals surface area contributed by atoms with Crippen LogP contribution in [0.2, 0.25) is 0 Å². The lowest BCUT2D eigenvalue weighted by Gasteiger charge is -2.28. The van der Waals surface area contributed by atoms with Gasteiger partial charge in [-0.25, -0.2) is 0 Å². The van der Waals surface area contributed by atoms with Gasteiger partial charge in [0, 0.05) is 19.1 Å². The number of carbonyl (C=O) groups excluding carboxylic acids is 1. The summed E-state index contributed by atoms with van der Waals surface area (Å²) < 4.78 is 0. The maximum atomic E-state index is 12.4. The van der Waals surface area contributed by atoms with Crippen molar-refractivity contribution in [3.05, 3.63) is 12.2 Å². The molecule has 2 unspecified atom stereocenters.